The van der Waals surface area contributed by atoms with Crippen molar-refractivity contribution in [1.29, 1.82) is 0 Å². The number of unbranched alkanes of at least 4 members (excludes halogenated alkanes) is 1. The lowest BCUT2D eigenvalue weighted by atomic mass is 10.1. The maximum absolute atomic E-state index is 13.1. The van der Waals surface area contributed by atoms with Crippen molar-refractivity contribution in [2.75, 3.05) is 5.32 Å². The van der Waals surface area contributed by atoms with Crippen LogP contribution < -0.4 is 5.32 Å². The van der Waals surface area contributed by atoms with Crippen LogP contribution in [0.15, 0.2) is 36.4 Å². The molecule has 3 aromatic rings. The zero-order chi connectivity index (χ0) is 18.8. The molecule has 0 atom stereocenters. The van der Waals surface area contributed by atoms with Gasteiger partial charge in [0, 0.05) is 22.5 Å². The number of hydrogen-bond acceptors (Lipinski definition) is 1. The molecule has 1 amide bonds. The topological polar surface area (TPSA) is 34.0 Å². The lowest BCUT2D eigenvalue weighted by Crippen LogP contribution is -2.19. The molecule has 0 aliphatic carbocycles. The number of nitrogens with zero attached hydrogens (tertiary/aromatic N) is 1. The van der Waals surface area contributed by atoms with Crippen molar-refractivity contribution >= 4 is 57.3 Å². The predicted molar refractivity (Wildman–Crippen MR) is 111 cm³/mol. The highest BCUT2D eigenvalue weighted by atomic mass is 35.5. The van der Waals surface area contributed by atoms with Gasteiger partial charge in [-0.25, -0.2) is 0 Å². The Hall–Kier alpha value is -1.68. The van der Waals surface area contributed by atoms with Crippen molar-refractivity contribution in [2.45, 2.75) is 33.2 Å². The van der Waals surface area contributed by atoms with Crippen LogP contribution in [0.5, 0.6) is 0 Å². The van der Waals surface area contributed by atoms with Gasteiger partial charge in [-0.05, 0) is 37.1 Å². The maximum Gasteiger partial charge on any atom is 0.272 e. The summed E-state index contributed by atoms with van der Waals surface area (Å²) in [5.41, 5.74) is 2.99. The highest BCUT2D eigenvalue weighted by Gasteiger charge is 2.21. The molecule has 0 fully saturated rings. The molecule has 0 bridgehead atoms. The van der Waals surface area contributed by atoms with Crippen LogP contribution in [0.2, 0.25) is 15.1 Å². The third-order valence-corrected chi connectivity index (χ3v) is 5.23. The Morgan fingerprint density at radius 1 is 1.12 bits per heavy atom. The van der Waals surface area contributed by atoms with Gasteiger partial charge in [-0.15, -0.1) is 0 Å². The van der Waals surface area contributed by atoms with Crippen molar-refractivity contribution in [3.05, 3.63) is 62.7 Å². The summed E-state index contributed by atoms with van der Waals surface area (Å²) in [7, 11) is 0. The first kappa shape index (κ1) is 19.1. The maximum atomic E-state index is 13.1. The largest absolute Gasteiger partial charge is 0.336 e. The first-order valence-corrected chi connectivity index (χ1v) is 9.61. The van der Waals surface area contributed by atoms with E-state index in [1.807, 2.05) is 31.2 Å². The summed E-state index contributed by atoms with van der Waals surface area (Å²) in [6, 6.07) is 11.2. The Balaban J connectivity index is 2.07. The Bertz CT molecular complexity index is 956. The number of halogens is 3. The number of hydrogen-bond donors (Lipinski definition) is 1. The Kier molecular flexibility index (Phi) is 5.81. The summed E-state index contributed by atoms with van der Waals surface area (Å²) in [6.45, 7) is 4.87. The van der Waals surface area contributed by atoms with Crippen molar-refractivity contribution in [3.8, 4) is 0 Å². The minimum absolute atomic E-state index is 0.235. The van der Waals surface area contributed by atoms with E-state index in [0.29, 0.717) is 26.4 Å². The van der Waals surface area contributed by atoms with E-state index in [1.54, 1.807) is 12.1 Å². The number of anilines is 1. The molecule has 0 unspecified atom stereocenters. The van der Waals surface area contributed by atoms with Gasteiger partial charge in [0.05, 0.1) is 15.7 Å². The normalized spacial score (nSPS) is 11.1. The van der Waals surface area contributed by atoms with Crippen molar-refractivity contribution in [3.63, 3.8) is 0 Å². The molecule has 0 aliphatic rings. The molecule has 3 rings (SSSR count). The number of rotatable bonds is 5. The quantitative estimate of drug-likeness (QED) is 0.485. The number of aromatic nitrogens is 1. The van der Waals surface area contributed by atoms with Crippen LogP contribution in [0.3, 0.4) is 0 Å². The van der Waals surface area contributed by atoms with E-state index in [9.17, 15) is 4.79 Å². The fraction of sp³-hybridized carbons (Fsp3) is 0.250. The fourth-order valence-electron chi connectivity index (χ4n) is 3.15. The van der Waals surface area contributed by atoms with Crippen LogP contribution in [-0.4, -0.2) is 10.5 Å². The molecular formula is C20H19Cl3N2O. The molecule has 26 heavy (non-hydrogen) atoms. The first-order valence-electron chi connectivity index (χ1n) is 8.47. The number of amides is 1. The second-order valence-corrected chi connectivity index (χ2v) is 7.45. The number of aryl methyl sites for hydroxylation is 2. The molecule has 0 spiro atoms. The monoisotopic (exact) mass is 408 g/mol. The Morgan fingerprint density at radius 3 is 2.42 bits per heavy atom. The van der Waals surface area contributed by atoms with Crippen LogP contribution in [0, 0.1) is 6.92 Å². The van der Waals surface area contributed by atoms with Gasteiger partial charge < -0.3 is 9.88 Å². The molecule has 0 saturated heterocycles. The van der Waals surface area contributed by atoms with E-state index >= 15 is 0 Å². The lowest BCUT2D eigenvalue weighted by Gasteiger charge is -2.13. The number of benzene rings is 2. The summed E-state index contributed by atoms with van der Waals surface area (Å²) >= 11 is 18.4. The van der Waals surface area contributed by atoms with Crippen LogP contribution in [-0.2, 0) is 6.54 Å². The van der Waals surface area contributed by atoms with E-state index in [2.05, 4.69) is 16.8 Å². The van der Waals surface area contributed by atoms with E-state index in [1.165, 1.54) is 0 Å². The first-order chi connectivity index (χ1) is 12.4. The summed E-state index contributed by atoms with van der Waals surface area (Å²) < 4.78 is 2.07. The standard InChI is InChI=1S/C20H19Cl3N2O/c1-3-4-9-25-17-8-6-5-7-14(17)12(2)19(25)20(26)24-18-15(22)10-13(21)11-16(18)23/h5-8,10-11H,3-4,9H2,1-2H3,(H,24,26). The average molecular weight is 410 g/mol. The number of nitrogens with one attached hydrogen (secondary N) is 1. The highest BCUT2D eigenvalue weighted by molar-refractivity contribution is 6.42. The Labute approximate surface area is 167 Å². The minimum atomic E-state index is -0.235. The SMILES string of the molecule is CCCCn1c(C(=O)Nc2c(Cl)cc(Cl)cc2Cl)c(C)c2ccccc21. The number of carbonyl (C=O) groups excluding carboxylic acids is 1. The number of para-hydroxylation sites is 1. The van der Waals surface area contributed by atoms with Crippen LogP contribution in [0.1, 0.15) is 35.8 Å². The molecule has 136 valence electrons. The number of carbonyl (C=O) groups is 1. The summed E-state index contributed by atoms with van der Waals surface area (Å²) in [6.07, 6.45) is 2.03. The highest BCUT2D eigenvalue weighted by Crippen LogP contribution is 2.35. The molecule has 0 radical (unpaired) electrons. The second kappa shape index (κ2) is 7.91. The Morgan fingerprint density at radius 2 is 1.77 bits per heavy atom. The number of fused-ring (bicyclic) bond motifs is 1. The summed E-state index contributed by atoms with van der Waals surface area (Å²) in [4.78, 5) is 13.1. The third kappa shape index (κ3) is 3.57. The second-order valence-electron chi connectivity index (χ2n) is 6.19. The van der Waals surface area contributed by atoms with Crippen LogP contribution in [0.25, 0.3) is 10.9 Å². The molecule has 1 heterocycles. The van der Waals surface area contributed by atoms with Gasteiger partial charge in [-0.3, -0.25) is 4.79 Å². The molecule has 6 heteroatoms. The molecule has 0 aliphatic heterocycles. The third-order valence-electron chi connectivity index (χ3n) is 4.42. The molecular weight excluding hydrogens is 391 g/mol. The van der Waals surface area contributed by atoms with E-state index in [4.69, 9.17) is 34.8 Å². The van der Waals surface area contributed by atoms with Gasteiger partial charge in [0.25, 0.3) is 5.91 Å². The smallest absolute Gasteiger partial charge is 0.272 e. The predicted octanol–water partition coefficient (Wildman–Crippen LogP) is 6.96. The van der Waals surface area contributed by atoms with E-state index < -0.39 is 0 Å². The minimum Gasteiger partial charge on any atom is -0.336 e. The lowest BCUT2D eigenvalue weighted by molar-refractivity contribution is 0.101. The van der Waals surface area contributed by atoms with Gasteiger partial charge in [-0.1, -0.05) is 66.3 Å². The molecule has 2 aromatic carbocycles. The van der Waals surface area contributed by atoms with Crippen molar-refractivity contribution in [1.82, 2.24) is 4.57 Å². The summed E-state index contributed by atoms with van der Waals surface area (Å²) in [5.74, 6) is -0.235. The zero-order valence-corrected chi connectivity index (χ0v) is 16.8. The summed E-state index contributed by atoms with van der Waals surface area (Å²) in [5, 5.41) is 4.97. The average Bonchev–Trinajstić information content (AvgIpc) is 2.88. The van der Waals surface area contributed by atoms with Crippen molar-refractivity contribution in [2.24, 2.45) is 0 Å². The zero-order valence-electron chi connectivity index (χ0n) is 14.6. The van der Waals surface area contributed by atoms with Crippen LogP contribution >= 0.6 is 34.8 Å². The van der Waals surface area contributed by atoms with Gasteiger partial charge in [0.2, 0.25) is 0 Å². The van der Waals surface area contributed by atoms with E-state index in [-0.39, 0.29) is 5.91 Å². The van der Waals surface area contributed by atoms with Gasteiger partial charge in [-0.2, -0.15) is 0 Å². The molecule has 1 N–H and O–H groups in total. The van der Waals surface area contributed by atoms with Crippen molar-refractivity contribution < 1.29 is 4.79 Å². The molecule has 3 nitrogen and oxygen atoms in total. The van der Waals surface area contributed by atoms with Crippen LogP contribution in [0.4, 0.5) is 5.69 Å². The van der Waals surface area contributed by atoms with E-state index in [0.717, 1.165) is 35.9 Å². The van der Waals surface area contributed by atoms with Gasteiger partial charge >= 0.3 is 0 Å². The van der Waals surface area contributed by atoms with Gasteiger partial charge in [0.15, 0.2) is 0 Å². The van der Waals surface area contributed by atoms with Gasteiger partial charge in [0.1, 0.15) is 5.69 Å². The molecule has 0 saturated carbocycles. The fourth-order valence-corrected chi connectivity index (χ4v) is 4.06. The molecule has 1 aromatic heterocycles.